The highest BCUT2D eigenvalue weighted by atomic mass is 19.4. The summed E-state index contributed by atoms with van der Waals surface area (Å²) >= 11 is 0. The number of nitrogens with zero attached hydrogens (tertiary/aromatic N) is 1. The molecule has 0 unspecified atom stereocenters. The maximum Gasteiger partial charge on any atom is 0.416 e. The van der Waals surface area contributed by atoms with Crippen LogP contribution < -0.4 is 5.32 Å². The third kappa shape index (κ3) is 3.83. The highest BCUT2D eigenvalue weighted by Gasteiger charge is 2.32. The minimum atomic E-state index is -4.37. The van der Waals surface area contributed by atoms with Crippen molar-refractivity contribution in [2.24, 2.45) is 0 Å². The molecule has 19 heavy (non-hydrogen) atoms. The third-order valence-corrected chi connectivity index (χ3v) is 3.47. The molecule has 6 heteroatoms. The van der Waals surface area contributed by atoms with Crippen molar-refractivity contribution >= 4 is 5.82 Å². The Bertz CT molecular complexity index is 428. The van der Waals surface area contributed by atoms with E-state index in [-0.39, 0.29) is 12.4 Å². The van der Waals surface area contributed by atoms with E-state index in [0.717, 1.165) is 37.6 Å². The fourth-order valence-corrected chi connectivity index (χ4v) is 2.35. The molecule has 1 fully saturated rings. The van der Waals surface area contributed by atoms with E-state index in [1.165, 1.54) is 0 Å². The average molecular weight is 274 g/mol. The second kappa shape index (κ2) is 5.36. The van der Waals surface area contributed by atoms with Crippen LogP contribution in [0.3, 0.4) is 0 Å². The van der Waals surface area contributed by atoms with Gasteiger partial charge in [0.05, 0.1) is 11.2 Å². The molecule has 0 aliphatic heterocycles. The van der Waals surface area contributed by atoms with E-state index < -0.39 is 17.3 Å². The zero-order valence-corrected chi connectivity index (χ0v) is 10.5. The number of alkyl halides is 3. The first-order valence-electron chi connectivity index (χ1n) is 6.39. The zero-order valence-electron chi connectivity index (χ0n) is 10.5. The number of halogens is 3. The summed E-state index contributed by atoms with van der Waals surface area (Å²) in [4.78, 5) is 3.85. The smallest absolute Gasteiger partial charge is 0.388 e. The van der Waals surface area contributed by atoms with E-state index in [4.69, 9.17) is 0 Å². The lowest BCUT2D eigenvalue weighted by Gasteiger charge is -2.32. The predicted octanol–water partition coefficient (Wildman–Crippen LogP) is 3.21. The van der Waals surface area contributed by atoms with Crippen LogP contribution in [0.15, 0.2) is 18.3 Å². The first kappa shape index (κ1) is 14.1. The maximum absolute atomic E-state index is 12.5. The van der Waals surface area contributed by atoms with Gasteiger partial charge in [-0.3, -0.25) is 0 Å². The van der Waals surface area contributed by atoms with Crippen LogP contribution in [0.5, 0.6) is 0 Å². The number of aromatic nitrogens is 1. The van der Waals surface area contributed by atoms with Crippen molar-refractivity contribution in [3.8, 4) is 0 Å². The van der Waals surface area contributed by atoms with Gasteiger partial charge in [-0.1, -0.05) is 19.3 Å². The molecule has 0 aromatic carbocycles. The zero-order chi connectivity index (χ0) is 13.9. The molecule has 0 amide bonds. The predicted molar refractivity (Wildman–Crippen MR) is 65.8 cm³/mol. The molecular weight excluding hydrogens is 257 g/mol. The van der Waals surface area contributed by atoms with E-state index in [1.807, 2.05) is 0 Å². The Morgan fingerprint density at radius 3 is 2.58 bits per heavy atom. The van der Waals surface area contributed by atoms with Gasteiger partial charge in [0.25, 0.3) is 0 Å². The van der Waals surface area contributed by atoms with Crippen LogP contribution in [0.1, 0.15) is 37.7 Å². The topological polar surface area (TPSA) is 45.1 Å². The molecule has 0 saturated heterocycles. The van der Waals surface area contributed by atoms with E-state index in [0.29, 0.717) is 12.8 Å². The Hall–Kier alpha value is -1.30. The van der Waals surface area contributed by atoms with E-state index in [1.54, 1.807) is 0 Å². The Balaban J connectivity index is 1.99. The van der Waals surface area contributed by atoms with Crippen molar-refractivity contribution < 1.29 is 18.3 Å². The normalized spacial score (nSPS) is 19.2. The molecule has 0 radical (unpaired) electrons. The molecule has 3 nitrogen and oxygen atoms in total. The second-order valence-corrected chi connectivity index (χ2v) is 5.07. The number of nitrogens with one attached hydrogen (secondary N) is 1. The summed E-state index contributed by atoms with van der Waals surface area (Å²) in [5.74, 6) is 0.147. The van der Waals surface area contributed by atoms with Crippen molar-refractivity contribution in [3.05, 3.63) is 23.9 Å². The van der Waals surface area contributed by atoms with Crippen LogP contribution in [-0.2, 0) is 6.18 Å². The van der Waals surface area contributed by atoms with Crippen LogP contribution in [0.2, 0.25) is 0 Å². The van der Waals surface area contributed by atoms with Crippen LogP contribution >= 0.6 is 0 Å². The number of aliphatic hydroxyl groups is 1. The fourth-order valence-electron chi connectivity index (χ4n) is 2.35. The maximum atomic E-state index is 12.5. The molecule has 1 aliphatic carbocycles. The summed E-state index contributed by atoms with van der Waals surface area (Å²) in [5, 5.41) is 13.1. The first-order chi connectivity index (χ1) is 8.89. The van der Waals surface area contributed by atoms with Gasteiger partial charge in [-0.25, -0.2) is 4.98 Å². The van der Waals surface area contributed by atoms with Gasteiger partial charge in [0.2, 0.25) is 0 Å². The third-order valence-electron chi connectivity index (χ3n) is 3.47. The van der Waals surface area contributed by atoms with Gasteiger partial charge in [0.1, 0.15) is 5.82 Å². The average Bonchev–Trinajstić information content (AvgIpc) is 2.37. The van der Waals surface area contributed by atoms with Gasteiger partial charge in [-0.05, 0) is 25.0 Å². The van der Waals surface area contributed by atoms with Crippen molar-refractivity contribution in [2.45, 2.75) is 43.9 Å². The number of rotatable bonds is 3. The molecule has 1 aromatic heterocycles. The molecule has 2 N–H and O–H groups in total. The summed E-state index contributed by atoms with van der Waals surface area (Å²) < 4.78 is 37.6. The van der Waals surface area contributed by atoms with Gasteiger partial charge in [0, 0.05) is 12.7 Å². The lowest BCUT2D eigenvalue weighted by Crippen LogP contribution is -2.38. The summed E-state index contributed by atoms with van der Waals surface area (Å²) in [6.45, 7) is 0.237. The van der Waals surface area contributed by atoms with Crippen molar-refractivity contribution in [1.82, 2.24) is 4.98 Å². The van der Waals surface area contributed by atoms with Crippen LogP contribution in [0, 0.1) is 0 Å². The number of hydrogen-bond donors (Lipinski definition) is 2. The van der Waals surface area contributed by atoms with Gasteiger partial charge < -0.3 is 10.4 Å². The van der Waals surface area contributed by atoms with Crippen molar-refractivity contribution in [1.29, 1.82) is 0 Å². The Morgan fingerprint density at radius 2 is 1.95 bits per heavy atom. The van der Waals surface area contributed by atoms with Gasteiger partial charge in [-0.15, -0.1) is 0 Å². The molecule has 1 aliphatic rings. The van der Waals surface area contributed by atoms with Gasteiger partial charge in [0.15, 0.2) is 0 Å². The quantitative estimate of drug-likeness (QED) is 0.889. The van der Waals surface area contributed by atoms with E-state index >= 15 is 0 Å². The van der Waals surface area contributed by atoms with Crippen molar-refractivity contribution in [2.75, 3.05) is 11.9 Å². The molecule has 0 atom stereocenters. The summed E-state index contributed by atoms with van der Waals surface area (Å²) in [6.07, 6.45) is 1.11. The Kier molecular flexibility index (Phi) is 3.99. The lowest BCUT2D eigenvalue weighted by atomic mass is 9.85. The Labute approximate surface area is 109 Å². The summed E-state index contributed by atoms with van der Waals surface area (Å²) in [6, 6.07) is 1.90. The molecule has 1 saturated carbocycles. The minimum Gasteiger partial charge on any atom is -0.388 e. The van der Waals surface area contributed by atoms with Gasteiger partial charge in [-0.2, -0.15) is 13.2 Å². The Morgan fingerprint density at radius 1 is 1.26 bits per heavy atom. The molecule has 1 aromatic rings. The van der Waals surface area contributed by atoms with Crippen LogP contribution in [0.4, 0.5) is 19.0 Å². The monoisotopic (exact) mass is 274 g/mol. The molecule has 2 rings (SSSR count). The molecule has 1 heterocycles. The molecular formula is C13H17F3N2O. The van der Waals surface area contributed by atoms with E-state index in [9.17, 15) is 18.3 Å². The number of hydrogen-bond acceptors (Lipinski definition) is 3. The van der Waals surface area contributed by atoms with E-state index in [2.05, 4.69) is 10.3 Å². The molecule has 0 spiro atoms. The van der Waals surface area contributed by atoms with Crippen molar-refractivity contribution in [3.63, 3.8) is 0 Å². The standard InChI is InChI=1S/C13H17F3N2O/c14-13(15,16)10-4-7-17-11(8-10)18-9-12(19)5-2-1-3-6-12/h4,7-8,19H,1-3,5-6,9H2,(H,17,18). The number of pyridine rings is 1. The highest BCUT2D eigenvalue weighted by molar-refractivity contribution is 5.39. The second-order valence-electron chi connectivity index (χ2n) is 5.07. The minimum absolute atomic E-state index is 0.147. The van der Waals surface area contributed by atoms with Crippen LogP contribution in [-0.4, -0.2) is 22.2 Å². The number of anilines is 1. The summed E-state index contributed by atoms with van der Waals surface area (Å²) in [5.41, 5.74) is -1.56. The fraction of sp³-hybridized carbons (Fsp3) is 0.615. The SMILES string of the molecule is OC1(CNc2cc(C(F)(F)F)ccn2)CCCCC1. The summed E-state index contributed by atoms with van der Waals surface area (Å²) in [7, 11) is 0. The largest absolute Gasteiger partial charge is 0.416 e. The highest BCUT2D eigenvalue weighted by Crippen LogP contribution is 2.31. The molecule has 0 bridgehead atoms. The first-order valence-corrected chi connectivity index (χ1v) is 6.39. The van der Waals surface area contributed by atoms with Gasteiger partial charge >= 0.3 is 6.18 Å². The lowest BCUT2D eigenvalue weighted by molar-refractivity contribution is -0.137. The van der Waals surface area contributed by atoms with Crippen LogP contribution in [0.25, 0.3) is 0 Å². The molecule has 106 valence electrons.